The number of anilines is 1. The molecule has 2 aromatic heterocycles. The molecule has 0 saturated heterocycles. The Morgan fingerprint density at radius 3 is 2.73 bits per heavy atom. The Labute approximate surface area is 191 Å². The Kier molecular flexibility index (Phi) is 6.62. The monoisotopic (exact) mass is 501 g/mol. The van der Waals surface area contributed by atoms with E-state index in [0.717, 1.165) is 26.6 Å². The van der Waals surface area contributed by atoms with Crippen LogP contribution in [0.4, 0.5) is 5.69 Å². The van der Waals surface area contributed by atoms with Crippen molar-refractivity contribution in [3.05, 3.63) is 88.4 Å². The predicted octanol–water partition coefficient (Wildman–Crippen LogP) is 6.34. The Balaban J connectivity index is 1.53. The molecule has 0 aliphatic rings. The van der Waals surface area contributed by atoms with Crippen LogP contribution in [-0.4, -0.2) is 21.2 Å². The highest BCUT2D eigenvalue weighted by molar-refractivity contribution is 9.10. The van der Waals surface area contributed by atoms with E-state index in [4.69, 9.17) is 16.0 Å². The molecule has 0 radical (unpaired) electrons. The van der Waals surface area contributed by atoms with E-state index in [1.165, 1.54) is 11.8 Å². The Morgan fingerprint density at radius 2 is 2.00 bits per heavy atom. The highest BCUT2D eigenvalue weighted by Crippen LogP contribution is 2.28. The molecular formula is C22H17BrClN3O2S. The van der Waals surface area contributed by atoms with Gasteiger partial charge in [0, 0.05) is 15.2 Å². The maximum Gasteiger partial charge on any atom is 0.234 e. The van der Waals surface area contributed by atoms with Crippen LogP contribution in [-0.2, 0) is 11.3 Å². The normalized spacial score (nSPS) is 10.9. The molecule has 2 heterocycles. The molecule has 4 rings (SSSR count). The van der Waals surface area contributed by atoms with Gasteiger partial charge in [0.2, 0.25) is 5.91 Å². The number of furan rings is 1. The van der Waals surface area contributed by atoms with Crippen LogP contribution in [0.2, 0.25) is 5.02 Å². The number of halogens is 2. The van der Waals surface area contributed by atoms with Gasteiger partial charge in [-0.3, -0.25) is 4.79 Å². The quantitative estimate of drug-likeness (QED) is 0.300. The van der Waals surface area contributed by atoms with Crippen molar-refractivity contribution in [3.63, 3.8) is 0 Å². The number of thioether (sulfide) groups is 1. The van der Waals surface area contributed by atoms with E-state index < -0.39 is 0 Å². The van der Waals surface area contributed by atoms with Gasteiger partial charge in [-0.2, -0.15) is 0 Å². The number of hydrogen-bond acceptors (Lipinski definition) is 4. The molecule has 2 aromatic carbocycles. The van der Waals surface area contributed by atoms with Gasteiger partial charge in [0.15, 0.2) is 5.16 Å². The van der Waals surface area contributed by atoms with Gasteiger partial charge in [-0.1, -0.05) is 57.5 Å². The third-order valence-corrected chi connectivity index (χ3v) is 6.05. The number of benzene rings is 2. The van der Waals surface area contributed by atoms with Crippen molar-refractivity contribution in [1.82, 2.24) is 9.55 Å². The predicted molar refractivity (Wildman–Crippen MR) is 124 cm³/mol. The summed E-state index contributed by atoms with van der Waals surface area (Å²) in [6.07, 6.45) is 3.47. The van der Waals surface area contributed by atoms with Crippen molar-refractivity contribution in [3.8, 4) is 11.3 Å². The molecule has 5 nitrogen and oxygen atoms in total. The maximum atomic E-state index is 12.4. The van der Waals surface area contributed by atoms with Crippen molar-refractivity contribution in [1.29, 1.82) is 0 Å². The molecule has 0 atom stereocenters. The first-order valence-corrected chi connectivity index (χ1v) is 11.3. The summed E-state index contributed by atoms with van der Waals surface area (Å²) in [5.74, 6) is 0.915. The Morgan fingerprint density at radius 1 is 1.17 bits per heavy atom. The molecule has 0 aliphatic carbocycles. The molecular weight excluding hydrogens is 486 g/mol. The SMILES string of the molecule is O=C(CSc1ncc(-c2ccc(Br)cc2)n1Cc1ccco1)Nc1cccc(Cl)c1. The van der Waals surface area contributed by atoms with E-state index in [1.54, 1.807) is 30.5 Å². The zero-order valence-electron chi connectivity index (χ0n) is 15.7. The van der Waals surface area contributed by atoms with Crippen molar-refractivity contribution >= 4 is 50.9 Å². The second-order valence-corrected chi connectivity index (χ2v) is 8.74. The third kappa shape index (κ3) is 5.16. The van der Waals surface area contributed by atoms with Crippen molar-refractivity contribution in [2.45, 2.75) is 11.7 Å². The molecule has 0 aliphatic heterocycles. The fraction of sp³-hybridized carbons (Fsp3) is 0.0909. The zero-order valence-corrected chi connectivity index (χ0v) is 18.9. The summed E-state index contributed by atoms with van der Waals surface area (Å²) in [6.45, 7) is 0.524. The van der Waals surface area contributed by atoms with Crippen LogP contribution in [0.5, 0.6) is 0 Å². The number of imidazole rings is 1. The molecule has 1 N–H and O–H groups in total. The fourth-order valence-corrected chi connectivity index (χ4v) is 4.16. The van der Waals surface area contributed by atoms with Crippen LogP contribution in [0.25, 0.3) is 11.3 Å². The minimum absolute atomic E-state index is 0.125. The third-order valence-electron chi connectivity index (χ3n) is 4.29. The van der Waals surface area contributed by atoms with Crippen LogP contribution in [0, 0.1) is 0 Å². The topological polar surface area (TPSA) is 60.1 Å². The number of hydrogen-bond donors (Lipinski definition) is 1. The molecule has 0 bridgehead atoms. The van der Waals surface area contributed by atoms with E-state index in [9.17, 15) is 4.79 Å². The van der Waals surface area contributed by atoms with E-state index in [-0.39, 0.29) is 11.7 Å². The maximum absolute atomic E-state index is 12.4. The number of nitrogens with zero attached hydrogens (tertiary/aromatic N) is 2. The van der Waals surface area contributed by atoms with Crippen LogP contribution in [0.15, 0.2) is 87.2 Å². The van der Waals surface area contributed by atoms with E-state index in [0.29, 0.717) is 17.3 Å². The van der Waals surface area contributed by atoms with Gasteiger partial charge >= 0.3 is 0 Å². The van der Waals surface area contributed by atoms with Gasteiger partial charge in [-0.05, 0) is 48.0 Å². The number of carbonyl (C=O) groups excluding carboxylic acids is 1. The highest BCUT2D eigenvalue weighted by Gasteiger charge is 2.15. The number of amides is 1. The van der Waals surface area contributed by atoms with Gasteiger partial charge in [-0.25, -0.2) is 4.98 Å². The second kappa shape index (κ2) is 9.55. The molecule has 30 heavy (non-hydrogen) atoms. The minimum Gasteiger partial charge on any atom is -0.467 e. The van der Waals surface area contributed by atoms with Gasteiger partial charge in [0.25, 0.3) is 0 Å². The summed E-state index contributed by atoms with van der Waals surface area (Å²) in [5, 5.41) is 4.18. The fourth-order valence-electron chi connectivity index (χ4n) is 2.93. The summed E-state index contributed by atoms with van der Waals surface area (Å²) in [7, 11) is 0. The largest absolute Gasteiger partial charge is 0.467 e. The molecule has 8 heteroatoms. The number of aromatic nitrogens is 2. The Bertz CT molecular complexity index is 1140. The molecule has 0 fully saturated rings. The van der Waals surface area contributed by atoms with Crippen LogP contribution >= 0.6 is 39.3 Å². The average Bonchev–Trinajstić information content (AvgIpc) is 3.38. The van der Waals surface area contributed by atoms with E-state index in [1.807, 2.05) is 42.6 Å². The lowest BCUT2D eigenvalue weighted by atomic mass is 10.2. The number of rotatable bonds is 7. The average molecular weight is 503 g/mol. The number of carbonyl (C=O) groups is 1. The summed E-state index contributed by atoms with van der Waals surface area (Å²) in [5.41, 5.74) is 2.66. The molecule has 0 unspecified atom stereocenters. The summed E-state index contributed by atoms with van der Waals surface area (Å²) in [6, 6.07) is 18.9. The van der Waals surface area contributed by atoms with E-state index in [2.05, 4.69) is 30.8 Å². The molecule has 152 valence electrons. The lowest BCUT2D eigenvalue weighted by Crippen LogP contribution is -2.14. The molecule has 0 saturated carbocycles. The summed E-state index contributed by atoms with van der Waals surface area (Å²) < 4.78 is 8.60. The van der Waals surface area contributed by atoms with Crippen molar-refractivity contribution in [2.75, 3.05) is 11.1 Å². The van der Waals surface area contributed by atoms with E-state index >= 15 is 0 Å². The Hall–Kier alpha value is -2.48. The first-order valence-electron chi connectivity index (χ1n) is 9.10. The van der Waals surface area contributed by atoms with Crippen LogP contribution < -0.4 is 5.32 Å². The minimum atomic E-state index is -0.125. The molecule has 1 amide bonds. The first-order chi connectivity index (χ1) is 14.6. The van der Waals surface area contributed by atoms with Gasteiger partial charge in [0.1, 0.15) is 5.76 Å². The standard InChI is InChI=1S/C22H17BrClN3O2S/c23-16-8-6-15(7-9-16)20-12-25-22(27(20)13-19-5-2-10-29-19)30-14-21(28)26-18-4-1-3-17(24)11-18/h1-12H,13-14H2,(H,26,28). The molecule has 4 aromatic rings. The highest BCUT2D eigenvalue weighted by atomic mass is 79.9. The lowest BCUT2D eigenvalue weighted by Gasteiger charge is -2.11. The lowest BCUT2D eigenvalue weighted by molar-refractivity contribution is -0.113. The van der Waals surface area contributed by atoms with Gasteiger partial charge in [0.05, 0.1) is 30.5 Å². The summed E-state index contributed by atoms with van der Waals surface area (Å²) >= 11 is 10.8. The van der Waals surface area contributed by atoms with Crippen molar-refractivity contribution < 1.29 is 9.21 Å². The van der Waals surface area contributed by atoms with Crippen LogP contribution in [0.1, 0.15) is 5.76 Å². The van der Waals surface area contributed by atoms with Gasteiger partial charge < -0.3 is 14.3 Å². The smallest absolute Gasteiger partial charge is 0.234 e. The first kappa shape index (κ1) is 20.8. The van der Waals surface area contributed by atoms with Gasteiger partial charge in [-0.15, -0.1) is 0 Å². The van der Waals surface area contributed by atoms with Crippen molar-refractivity contribution in [2.24, 2.45) is 0 Å². The second-order valence-electron chi connectivity index (χ2n) is 6.45. The van der Waals surface area contributed by atoms with Crippen LogP contribution in [0.3, 0.4) is 0 Å². The molecule has 0 spiro atoms. The summed E-state index contributed by atoms with van der Waals surface area (Å²) in [4.78, 5) is 17.0. The number of nitrogens with one attached hydrogen (secondary N) is 1. The zero-order chi connectivity index (χ0) is 20.9.